The molecule has 3 unspecified atom stereocenters. The van der Waals surface area contributed by atoms with Crippen LogP contribution >= 0.6 is 15.6 Å². The van der Waals surface area contributed by atoms with E-state index in [9.17, 15) is 43.2 Å². The second-order valence-corrected chi connectivity index (χ2v) is 24.3. The van der Waals surface area contributed by atoms with Crippen LogP contribution in [0.25, 0.3) is 0 Å². The molecule has 6 atom stereocenters. The smallest absolute Gasteiger partial charge is 0.462 e. The molecule has 0 radical (unpaired) electrons. The van der Waals surface area contributed by atoms with Crippen molar-refractivity contribution in [2.24, 2.45) is 11.8 Å². The first-order chi connectivity index (χ1) is 36.4. The molecule has 0 heterocycles. The number of aliphatic hydroxyl groups is 1. The van der Waals surface area contributed by atoms with E-state index in [0.717, 1.165) is 115 Å². The van der Waals surface area contributed by atoms with Crippen LogP contribution in [-0.4, -0.2) is 96.7 Å². The first-order valence-corrected chi connectivity index (χ1v) is 33.0. The Hall–Kier alpha value is -1.94. The van der Waals surface area contributed by atoms with Gasteiger partial charge in [0.05, 0.1) is 26.4 Å². The Morgan fingerprint density at radius 3 is 1.00 bits per heavy atom. The summed E-state index contributed by atoms with van der Waals surface area (Å²) in [6.45, 7) is 9.28. The lowest BCUT2D eigenvalue weighted by Gasteiger charge is -2.21. The molecule has 0 aliphatic carbocycles. The van der Waals surface area contributed by atoms with Crippen molar-refractivity contribution < 1.29 is 80.2 Å². The topological polar surface area (TPSA) is 237 Å². The van der Waals surface area contributed by atoms with Crippen molar-refractivity contribution >= 4 is 39.5 Å². The highest BCUT2D eigenvalue weighted by Gasteiger charge is 2.30. The molecule has 0 bridgehead atoms. The summed E-state index contributed by atoms with van der Waals surface area (Å²) in [5.41, 5.74) is 0. The number of phosphoric ester groups is 2. The molecule has 0 aliphatic rings. The van der Waals surface area contributed by atoms with Gasteiger partial charge in [-0.15, -0.1) is 0 Å². The van der Waals surface area contributed by atoms with Gasteiger partial charge in [0.15, 0.2) is 12.2 Å². The maximum atomic E-state index is 12.9. The average Bonchev–Trinajstić information content (AvgIpc) is 3.38. The summed E-state index contributed by atoms with van der Waals surface area (Å²) in [7, 11) is -9.86. The summed E-state index contributed by atoms with van der Waals surface area (Å²) in [6, 6.07) is 0. The molecule has 0 fully saturated rings. The van der Waals surface area contributed by atoms with Crippen LogP contribution < -0.4 is 0 Å². The van der Waals surface area contributed by atoms with Gasteiger partial charge < -0.3 is 33.8 Å². The van der Waals surface area contributed by atoms with Gasteiger partial charge in [-0.05, 0) is 37.5 Å². The van der Waals surface area contributed by atoms with Crippen LogP contribution in [0.1, 0.15) is 273 Å². The second-order valence-electron chi connectivity index (χ2n) is 21.4. The molecular formula is C57H110O17P2. The number of carbonyl (C=O) groups is 4. The Labute approximate surface area is 460 Å². The van der Waals surface area contributed by atoms with Crippen molar-refractivity contribution in [1.82, 2.24) is 0 Å². The van der Waals surface area contributed by atoms with E-state index < -0.39 is 97.5 Å². The second kappa shape index (κ2) is 50.1. The molecule has 0 aromatic rings. The van der Waals surface area contributed by atoms with Crippen molar-refractivity contribution in [3.05, 3.63) is 0 Å². The number of phosphoric acid groups is 2. The predicted molar refractivity (Wildman–Crippen MR) is 298 cm³/mol. The molecule has 0 aliphatic heterocycles. The quantitative estimate of drug-likeness (QED) is 0.0222. The van der Waals surface area contributed by atoms with Crippen molar-refractivity contribution in [2.75, 3.05) is 39.6 Å². The Bertz CT molecular complexity index is 1520. The highest BCUT2D eigenvalue weighted by molar-refractivity contribution is 7.47. The van der Waals surface area contributed by atoms with Gasteiger partial charge in [0.1, 0.15) is 19.3 Å². The lowest BCUT2D eigenvalue weighted by atomic mass is 9.99. The van der Waals surface area contributed by atoms with Gasteiger partial charge in [0.2, 0.25) is 0 Å². The molecule has 3 N–H and O–H groups in total. The van der Waals surface area contributed by atoms with Gasteiger partial charge in [-0.1, -0.05) is 221 Å². The fraction of sp³-hybridized carbons (Fsp3) is 0.930. The summed E-state index contributed by atoms with van der Waals surface area (Å²) in [4.78, 5) is 71.6. The fourth-order valence-corrected chi connectivity index (χ4v) is 9.84. The molecule has 0 saturated heterocycles. The standard InChI is InChI=1S/C57H110O17P2/c1-7-10-12-14-15-22-29-35-41-56(61)73-52(45-67-54(59)39-33-25-13-11-8-2)47-71-75(63,64)69-43-51(58)44-70-76(65,66)72-48-53(46-68-55(60)40-34-28-23-18-16-20-26-31-37-49(4)5)74-57(62)42-36-30-24-19-17-21-27-32-38-50(6)9-3/h49-53,58H,7-48H2,1-6H3,(H,63,64)(H,65,66)/t50?,51-,52+,53+/m0/s1. The maximum absolute atomic E-state index is 12.9. The first kappa shape index (κ1) is 74.1. The van der Waals surface area contributed by atoms with Crippen LogP contribution in [0, 0.1) is 11.8 Å². The van der Waals surface area contributed by atoms with E-state index in [-0.39, 0.29) is 25.7 Å². The minimum absolute atomic E-state index is 0.103. The maximum Gasteiger partial charge on any atom is 0.472 e. The Kier molecular flexibility index (Phi) is 48.8. The van der Waals surface area contributed by atoms with Gasteiger partial charge in [-0.25, -0.2) is 9.13 Å². The largest absolute Gasteiger partial charge is 0.472 e. The van der Waals surface area contributed by atoms with E-state index in [0.29, 0.717) is 25.7 Å². The van der Waals surface area contributed by atoms with Crippen molar-refractivity contribution in [1.29, 1.82) is 0 Å². The number of carbonyl (C=O) groups excluding carboxylic acids is 4. The minimum atomic E-state index is -4.94. The normalized spacial score (nSPS) is 14.9. The zero-order valence-electron chi connectivity index (χ0n) is 48.5. The number of hydrogen-bond donors (Lipinski definition) is 3. The van der Waals surface area contributed by atoms with Gasteiger partial charge in [-0.2, -0.15) is 0 Å². The monoisotopic (exact) mass is 1130 g/mol. The zero-order valence-corrected chi connectivity index (χ0v) is 50.3. The first-order valence-electron chi connectivity index (χ1n) is 30.0. The van der Waals surface area contributed by atoms with E-state index >= 15 is 0 Å². The SMILES string of the molecule is CCCCCCCCCCC(=O)O[C@H](COC(=O)CCCCCCC)COP(=O)(O)OC[C@H](O)COP(=O)(O)OC[C@@H](COC(=O)CCCCCCCCCCC(C)C)OC(=O)CCCCCCCCCCC(C)CC. The van der Waals surface area contributed by atoms with Crippen LogP contribution in [0.3, 0.4) is 0 Å². The zero-order chi connectivity index (χ0) is 56.6. The summed E-state index contributed by atoms with van der Waals surface area (Å²) in [5.74, 6) is -0.663. The molecule has 0 aromatic carbocycles. The molecule has 0 saturated carbocycles. The van der Waals surface area contributed by atoms with E-state index in [1.165, 1.54) is 77.0 Å². The summed E-state index contributed by atoms with van der Waals surface area (Å²) >= 11 is 0. The molecule has 0 amide bonds. The van der Waals surface area contributed by atoms with Crippen LogP contribution in [0.2, 0.25) is 0 Å². The van der Waals surface area contributed by atoms with Crippen molar-refractivity contribution in [3.8, 4) is 0 Å². The highest BCUT2D eigenvalue weighted by Crippen LogP contribution is 2.45. The number of rotatable bonds is 56. The van der Waals surface area contributed by atoms with Crippen LogP contribution in [0.5, 0.6) is 0 Å². The van der Waals surface area contributed by atoms with Crippen LogP contribution in [-0.2, 0) is 65.4 Å². The Balaban J connectivity index is 5.19. The fourth-order valence-electron chi connectivity index (χ4n) is 8.26. The van der Waals surface area contributed by atoms with E-state index in [1.54, 1.807) is 0 Å². The van der Waals surface area contributed by atoms with Crippen molar-refractivity contribution in [2.45, 2.75) is 291 Å². The number of esters is 4. The third kappa shape index (κ3) is 50.3. The lowest BCUT2D eigenvalue weighted by molar-refractivity contribution is -0.161. The summed E-state index contributed by atoms with van der Waals surface area (Å²) < 4.78 is 67.4. The van der Waals surface area contributed by atoms with E-state index in [2.05, 4.69) is 41.5 Å². The molecule has 0 aromatic heterocycles. The minimum Gasteiger partial charge on any atom is -0.462 e. The number of unbranched alkanes of at least 4 members (excludes halogenated alkanes) is 25. The molecule has 17 nitrogen and oxygen atoms in total. The number of aliphatic hydroxyl groups excluding tert-OH is 1. The molecule has 0 rings (SSSR count). The van der Waals surface area contributed by atoms with Gasteiger partial charge in [0.25, 0.3) is 0 Å². The average molecular weight is 1130 g/mol. The third-order valence-electron chi connectivity index (χ3n) is 13.3. The Morgan fingerprint density at radius 1 is 0.382 bits per heavy atom. The predicted octanol–water partition coefficient (Wildman–Crippen LogP) is 14.9. The third-order valence-corrected chi connectivity index (χ3v) is 15.2. The van der Waals surface area contributed by atoms with Crippen LogP contribution in [0.4, 0.5) is 0 Å². The Morgan fingerprint density at radius 2 is 0.671 bits per heavy atom. The molecular weight excluding hydrogens is 1020 g/mol. The lowest BCUT2D eigenvalue weighted by Crippen LogP contribution is -2.30. The van der Waals surface area contributed by atoms with Gasteiger partial charge in [-0.3, -0.25) is 37.3 Å². The molecule has 19 heteroatoms. The highest BCUT2D eigenvalue weighted by atomic mass is 31.2. The summed E-state index contributed by atoms with van der Waals surface area (Å²) in [5, 5.41) is 10.5. The summed E-state index contributed by atoms with van der Waals surface area (Å²) in [6.07, 6.45) is 29.7. The van der Waals surface area contributed by atoms with Crippen LogP contribution in [0.15, 0.2) is 0 Å². The van der Waals surface area contributed by atoms with E-state index in [4.69, 9.17) is 37.0 Å². The van der Waals surface area contributed by atoms with Crippen molar-refractivity contribution in [3.63, 3.8) is 0 Å². The van der Waals surface area contributed by atoms with E-state index in [1.807, 2.05) is 0 Å². The molecule has 0 spiro atoms. The molecule has 76 heavy (non-hydrogen) atoms. The molecule has 450 valence electrons. The van der Waals surface area contributed by atoms with Gasteiger partial charge in [0, 0.05) is 25.7 Å². The number of hydrogen-bond acceptors (Lipinski definition) is 15. The number of ether oxygens (including phenoxy) is 4. The van der Waals surface area contributed by atoms with Gasteiger partial charge >= 0.3 is 39.5 Å².